The Kier molecular flexibility index (Phi) is 5.22. The van der Waals surface area contributed by atoms with Crippen LogP contribution in [0.1, 0.15) is 51.9 Å². The Labute approximate surface area is 116 Å². The summed E-state index contributed by atoms with van der Waals surface area (Å²) in [7, 11) is 0. The quantitative estimate of drug-likeness (QED) is 0.768. The molecule has 3 N–H and O–H groups in total. The van der Waals surface area contributed by atoms with E-state index < -0.39 is 0 Å². The van der Waals surface area contributed by atoms with Crippen LogP contribution in [0.25, 0.3) is 0 Å². The summed E-state index contributed by atoms with van der Waals surface area (Å²) in [6, 6.07) is 0.0463. The summed E-state index contributed by atoms with van der Waals surface area (Å²) < 4.78 is 5.39. The second-order valence-electron chi connectivity index (χ2n) is 6.55. The van der Waals surface area contributed by atoms with Crippen LogP contribution in [0.15, 0.2) is 0 Å². The zero-order valence-electron chi connectivity index (χ0n) is 12.1. The van der Waals surface area contributed by atoms with Crippen LogP contribution in [-0.2, 0) is 9.53 Å². The summed E-state index contributed by atoms with van der Waals surface area (Å²) in [5.74, 6) is 0.188. The second-order valence-corrected chi connectivity index (χ2v) is 6.55. The minimum atomic E-state index is 0.0194. The molecular formula is C15H28N2O2. The van der Waals surface area contributed by atoms with Crippen molar-refractivity contribution in [2.75, 3.05) is 19.8 Å². The van der Waals surface area contributed by atoms with Crippen molar-refractivity contribution >= 4 is 5.91 Å². The fourth-order valence-corrected chi connectivity index (χ4v) is 3.13. The average Bonchev–Trinajstić information content (AvgIpc) is 2.62. The van der Waals surface area contributed by atoms with Gasteiger partial charge in [0.05, 0.1) is 5.92 Å². The van der Waals surface area contributed by atoms with Gasteiger partial charge in [-0.3, -0.25) is 4.79 Å². The highest BCUT2D eigenvalue weighted by Gasteiger charge is 2.31. The van der Waals surface area contributed by atoms with Crippen LogP contribution in [0.5, 0.6) is 0 Å². The summed E-state index contributed by atoms with van der Waals surface area (Å²) in [6.07, 6.45) is 7.52. The van der Waals surface area contributed by atoms with Gasteiger partial charge >= 0.3 is 0 Å². The Morgan fingerprint density at radius 2 is 1.95 bits per heavy atom. The van der Waals surface area contributed by atoms with Crippen LogP contribution < -0.4 is 11.1 Å². The lowest BCUT2D eigenvalue weighted by Crippen LogP contribution is -2.45. The number of amides is 1. The number of carbonyl (C=O) groups is 1. The molecule has 1 saturated carbocycles. The van der Waals surface area contributed by atoms with E-state index in [1.54, 1.807) is 0 Å². The van der Waals surface area contributed by atoms with Gasteiger partial charge < -0.3 is 15.8 Å². The van der Waals surface area contributed by atoms with Gasteiger partial charge in [-0.1, -0.05) is 26.2 Å². The first-order chi connectivity index (χ1) is 9.11. The average molecular weight is 268 g/mol. The van der Waals surface area contributed by atoms with Crippen molar-refractivity contribution in [3.63, 3.8) is 0 Å². The van der Waals surface area contributed by atoms with Crippen LogP contribution in [0, 0.1) is 11.3 Å². The van der Waals surface area contributed by atoms with Crippen LogP contribution in [-0.4, -0.2) is 31.7 Å². The molecule has 1 saturated heterocycles. The van der Waals surface area contributed by atoms with Gasteiger partial charge in [-0.05, 0) is 31.1 Å². The van der Waals surface area contributed by atoms with E-state index in [9.17, 15) is 4.79 Å². The number of hydrogen-bond donors (Lipinski definition) is 2. The second kappa shape index (κ2) is 6.71. The SMILES string of the molecule is CC1(CNC(=O)C2CCCCCC2N)CCOCC1. The molecule has 2 unspecified atom stereocenters. The normalized spacial score (nSPS) is 31.5. The van der Waals surface area contributed by atoms with Gasteiger partial charge in [0.15, 0.2) is 0 Å². The first kappa shape index (κ1) is 14.8. The molecule has 1 aliphatic carbocycles. The van der Waals surface area contributed by atoms with Gasteiger partial charge in [0.2, 0.25) is 5.91 Å². The fraction of sp³-hybridized carbons (Fsp3) is 0.933. The molecule has 4 nitrogen and oxygen atoms in total. The molecule has 2 fully saturated rings. The van der Waals surface area contributed by atoms with Crippen molar-refractivity contribution in [2.24, 2.45) is 17.1 Å². The minimum Gasteiger partial charge on any atom is -0.381 e. The van der Waals surface area contributed by atoms with Gasteiger partial charge in [0.1, 0.15) is 0 Å². The van der Waals surface area contributed by atoms with Crippen LogP contribution in [0.4, 0.5) is 0 Å². The van der Waals surface area contributed by atoms with E-state index in [-0.39, 0.29) is 23.3 Å². The van der Waals surface area contributed by atoms with Crippen molar-refractivity contribution < 1.29 is 9.53 Å². The Morgan fingerprint density at radius 1 is 1.26 bits per heavy atom. The molecule has 0 bridgehead atoms. The molecule has 0 radical (unpaired) electrons. The number of nitrogens with one attached hydrogen (secondary N) is 1. The monoisotopic (exact) mass is 268 g/mol. The van der Waals surface area contributed by atoms with E-state index in [2.05, 4.69) is 12.2 Å². The van der Waals surface area contributed by atoms with E-state index in [1.807, 2.05) is 0 Å². The lowest BCUT2D eigenvalue weighted by Gasteiger charge is -2.34. The standard InChI is InChI=1S/C15H28N2O2/c1-15(7-9-19-10-8-15)11-17-14(18)12-5-3-2-4-6-13(12)16/h12-13H,2-11,16H2,1H3,(H,17,18). The zero-order valence-corrected chi connectivity index (χ0v) is 12.1. The third-order valence-electron chi connectivity index (χ3n) is 4.80. The third kappa shape index (κ3) is 4.18. The zero-order chi connectivity index (χ0) is 13.7. The van der Waals surface area contributed by atoms with E-state index in [0.717, 1.165) is 51.9 Å². The van der Waals surface area contributed by atoms with Gasteiger partial charge in [-0.25, -0.2) is 0 Å². The van der Waals surface area contributed by atoms with Gasteiger partial charge in [0.25, 0.3) is 0 Å². The van der Waals surface area contributed by atoms with E-state index in [1.165, 1.54) is 12.8 Å². The van der Waals surface area contributed by atoms with Crippen LogP contribution in [0.2, 0.25) is 0 Å². The van der Waals surface area contributed by atoms with Crippen LogP contribution in [0.3, 0.4) is 0 Å². The van der Waals surface area contributed by atoms with E-state index in [4.69, 9.17) is 10.5 Å². The summed E-state index contributed by atoms with van der Waals surface area (Å²) in [5, 5.41) is 3.15. The lowest BCUT2D eigenvalue weighted by atomic mass is 9.82. The Morgan fingerprint density at radius 3 is 2.68 bits per heavy atom. The number of nitrogens with two attached hydrogens (primary N) is 1. The molecular weight excluding hydrogens is 240 g/mol. The molecule has 2 aliphatic rings. The van der Waals surface area contributed by atoms with Gasteiger partial charge in [-0.2, -0.15) is 0 Å². The molecule has 0 aromatic rings. The number of carbonyl (C=O) groups excluding carboxylic acids is 1. The Balaban J connectivity index is 1.82. The van der Waals surface area contributed by atoms with Gasteiger partial charge in [-0.15, -0.1) is 0 Å². The molecule has 2 rings (SSSR count). The highest BCUT2D eigenvalue weighted by molar-refractivity contribution is 5.79. The number of rotatable bonds is 3. The molecule has 19 heavy (non-hydrogen) atoms. The van der Waals surface area contributed by atoms with Crippen LogP contribution >= 0.6 is 0 Å². The summed E-state index contributed by atoms with van der Waals surface area (Å²) >= 11 is 0. The highest BCUT2D eigenvalue weighted by Crippen LogP contribution is 2.29. The predicted molar refractivity (Wildman–Crippen MR) is 75.7 cm³/mol. The largest absolute Gasteiger partial charge is 0.381 e. The minimum absolute atomic E-state index is 0.0194. The smallest absolute Gasteiger partial charge is 0.224 e. The topological polar surface area (TPSA) is 64.4 Å². The third-order valence-corrected chi connectivity index (χ3v) is 4.80. The maximum atomic E-state index is 12.3. The Hall–Kier alpha value is -0.610. The maximum Gasteiger partial charge on any atom is 0.224 e. The summed E-state index contributed by atoms with van der Waals surface area (Å²) in [4.78, 5) is 12.3. The van der Waals surface area contributed by atoms with Crippen molar-refractivity contribution in [2.45, 2.75) is 57.9 Å². The highest BCUT2D eigenvalue weighted by atomic mass is 16.5. The molecule has 1 aliphatic heterocycles. The number of ether oxygens (including phenoxy) is 1. The molecule has 4 heteroatoms. The molecule has 110 valence electrons. The number of hydrogen-bond acceptors (Lipinski definition) is 3. The van der Waals surface area contributed by atoms with Crippen molar-refractivity contribution in [1.29, 1.82) is 0 Å². The van der Waals surface area contributed by atoms with E-state index >= 15 is 0 Å². The first-order valence-electron chi connectivity index (χ1n) is 7.72. The molecule has 0 aromatic carbocycles. The Bertz CT molecular complexity index is 301. The molecule has 0 aromatic heterocycles. The summed E-state index contributed by atoms with van der Waals surface area (Å²) in [6.45, 7) is 4.63. The molecule has 1 heterocycles. The molecule has 1 amide bonds. The van der Waals surface area contributed by atoms with Crippen molar-refractivity contribution in [3.8, 4) is 0 Å². The maximum absolute atomic E-state index is 12.3. The first-order valence-corrected chi connectivity index (χ1v) is 7.72. The van der Waals surface area contributed by atoms with Crippen molar-refractivity contribution in [3.05, 3.63) is 0 Å². The van der Waals surface area contributed by atoms with Gasteiger partial charge in [0, 0.05) is 25.8 Å². The van der Waals surface area contributed by atoms with E-state index in [0.29, 0.717) is 0 Å². The predicted octanol–water partition coefficient (Wildman–Crippen LogP) is 1.83. The lowest BCUT2D eigenvalue weighted by molar-refractivity contribution is -0.126. The molecule has 0 spiro atoms. The fourth-order valence-electron chi connectivity index (χ4n) is 3.13. The molecule has 2 atom stereocenters. The van der Waals surface area contributed by atoms with Crippen molar-refractivity contribution in [1.82, 2.24) is 5.32 Å². The summed E-state index contributed by atoms with van der Waals surface area (Å²) in [5.41, 5.74) is 6.34.